The van der Waals surface area contributed by atoms with Crippen molar-refractivity contribution in [2.24, 2.45) is 11.7 Å². The number of rotatable bonds is 6. The van der Waals surface area contributed by atoms with Gasteiger partial charge in [0.05, 0.1) is 10.5 Å². The molecule has 0 aromatic carbocycles. The van der Waals surface area contributed by atoms with Crippen molar-refractivity contribution in [2.45, 2.75) is 57.9 Å². The van der Waals surface area contributed by atoms with Crippen LogP contribution in [0.4, 0.5) is 0 Å². The van der Waals surface area contributed by atoms with E-state index in [4.69, 9.17) is 18.0 Å². The third-order valence-corrected chi connectivity index (χ3v) is 5.04. The Labute approximate surface area is 121 Å². The number of hydrogen-bond donors (Lipinski definition) is 3. The molecular weight excluding hydrogens is 282 g/mol. The molecule has 19 heavy (non-hydrogen) atoms. The Bertz CT molecular complexity index is 399. The maximum absolute atomic E-state index is 12.1. The maximum atomic E-state index is 12.1. The molecule has 0 atom stereocenters. The molecule has 0 aliphatic heterocycles. The molecule has 0 heterocycles. The number of hydrogen-bond acceptors (Lipinski definition) is 3. The third kappa shape index (κ3) is 5.33. The summed E-state index contributed by atoms with van der Waals surface area (Å²) in [5.41, 5.74) is 5.06. The Balaban J connectivity index is 2.80. The zero-order valence-corrected chi connectivity index (χ0v) is 13.4. The normalized spacial score (nSPS) is 20.2. The molecule has 1 rings (SSSR count). The van der Waals surface area contributed by atoms with E-state index in [1.807, 2.05) is 13.8 Å². The van der Waals surface area contributed by atoms with Crippen LogP contribution < -0.4 is 15.2 Å². The fourth-order valence-electron chi connectivity index (χ4n) is 2.30. The van der Waals surface area contributed by atoms with E-state index >= 15 is 0 Å². The van der Waals surface area contributed by atoms with E-state index in [-0.39, 0.29) is 10.9 Å². The summed E-state index contributed by atoms with van der Waals surface area (Å²) in [6.07, 6.45) is 5.47. The smallest absolute Gasteiger partial charge is 0.277 e. The molecule has 0 unspecified atom stereocenters. The van der Waals surface area contributed by atoms with Crippen LogP contribution in [-0.2, 0) is 10.2 Å². The summed E-state index contributed by atoms with van der Waals surface area (Å²) in [5, 5.41) is 0. The summed E-state index contributed by atoms with van der Waals surface area (Å²) in [6, 6.07) is 0. The summed E-state index contributed by atoms with van der Waals surface area (Å²) in [7, 11) is -3.56. The quantitative estimate of drug-likeness (QED) is 0.512. The van der Waals surface area contributed by atoms with Crippen molar-refractivity contribution in [2.75, 3.05) is 6.54 Å². The minimum Gasteiger partial charge on any atom is -0.392 e. The summed E-state index contributed by atoms with van der Waals surface area (Å²) in [4.78, 5) is 0.254. The van der Waals surface area contributed by atoms with E-state index in [2.05, 4.69) is 9.44 Å². The molecule has 0 spiro atoms. The van der Waals surface area contributed by atoms with E-state index in [9.17, 15) is 8.42 Å². The molecule has 7 heteroatoms. The Morgan fingerprint density at radius 2 is 1.79 bits per heavy atom. The largest absolute Gasteiger partial charge is 0.392 e. The Hall–Kier alpha value is -0.240. The lowest BCUT2D eigenvalue weighted by molar-refractivity contribution is 0.435. The summed E-state index contributed by atoms with van der Waals surface area (Å²) >= 11 is 5.11. The highest BCUT2D eigenvalue weighted by Crippen LogP contribution is 2.28. The minimum atomic E-state index is -3.56. The monoisotopic (exact) mass is 307 g/mol. The van der Waals surface area contributed by atoms with Crippen molar-refractivity contribution in [3.8, 4) is 0 Å². The lowest BCUT2D eigenvalue weighted by atomic mass is 9.91. The van der Waals surface area contributed by atoms with Gasteiger partial charge in [-0.2, -0.15) is 13.1 Å². The van der Waals surface area contributed by atoms with Crippen LogP contribution in [0.3, 0.4) is 0 Å². The molecule has 5 nitrogen and oxygen atoms in total. The molecule has 0 aromatic heterocycles. The molecule has 0 aromatic rings. The fraction of sp³-hybridized carbons (Fsp3) is 0.917. The molecule has 1 aliphatic rings. The molecule has 1 fully saturated rings. The van der Waals surface area contributed by atoms with Crippen molar-refractivity contribution < 1.29 is 8.42 Å². The van der Waals surface area contributed by atoms with E-state index in [0.717, 1.165) is 25.7 Å². The Morgan fingerprint density at radius 3 is 2.21 bits per heavy atom. The van der Waals surface area contributed by atoms with Gasteiger partial charge in [0.25, 0.3) is 10.2 Å². The lowest BCUT2D eigenvalue weighted by Gasteiger charge is -2.32. The van der Waals surface area contributed by atoms with Gasteiger partial charge in [-0.1, -0.05) is 51.7 Å². The van der Waals surface area contributed by atoms with Crippen molar-refractivity contribution in [1.29, 1.82) is 0 Å². The highest BCUT2D eigenvalue weighted by molar-refractivity contribution is 7.87. The fourth-order valence-corrected chi connectivity index (χ4v) is 4.07. The Kier molecular flexibility index (Phi) is 6.16. The average molecular weight is 307 g/mol. The topological polar surface area (TPSA) is 84.2 Å². The van der Waals surface area contributed by atoms with Crippen molar-refractivity contribution in [3.05, 3.63) is 0 Å². The molecule has 112 valence electrons. The van der Waals surface area contributed by atoms with Gasteiger partial charge in [0, 0.05) is 6.54 Å². The summed E-state index contributed by atoms with van der Waals surface area (Å²) in [5.74, 6) is 0.256. The molecule has 0 amide bonds. The molecular formula is C12H25N3O2S2. The lowest BCUT2D eigenvalue weighted by Crippen LogP contribution is -2.59. The van der Waals surface area contributed by atoms with Gasteiger partial charge >= 0.3 is 0 Å². The second kappa shape index (κ2) is 6.97. The predicted octanol–water partition coefficient (Wildman–Crippen LogP) is 1.45. The van der Waals surface area contributed by atoms with Crippen molar-refractivity contribution >= 4 is 27.4 Å². The third-order valence-electron chi connectivity index (χ3n) is 3.44. The first-order chi connectivity index (χ1) is 8.77. The van der Waals surface area contributed by atoms with Crippen LogP contribution in [0.2, 0.25) is 0 Å². The molecule has 4 N–H and O–H groups in total. The van der Waals surface area contributed by atoms with Gasteiger partial charge < -0.3 is 5.73 Å². The van der Waals surface area contributed by atoms with Crippen LogP contribution >= 0.6 is 12.2 Å². The molecule has 1 saturated carbocycles. The Morgan fingerprint density at radius 1 is 1.26 bits per heavy atom. The molecule has 1 aliphatic carbocycles. The van der Waals surface area contributed by atoms with Crippen molar-refractivity contribution in [3.63, 3.8) is 0 Å². The first-order valence-electron chi connectivity index (χ1n) is 6.86. The first kappa shape index (κ1) is 16.8. The van der Waals surface area contributed by atoms with Crippen LogP contribution in [0.25, 0.3) is 0 Å². The van der Waals surface area contributed by atoms with Crippen LogP contribution in [0.15, 0.2) is 0 Å². The van der Waals surface area contributed by atoms with Gasteiger partial charge in [0.2, 0.25) is 0 Å². The van der Waals surface area contributed by atoms with Crippen molar-refractivity contribution in [1.82, 2.24) is 9.44 Å². The number of nitrogens with one attached hydrogen (secondary N) is 2. The highest BCUT2D eigenvalue weighted by Gasteiger charge is 2.37. The number of thiocarbonyl (C=S) groups is 1. The van der Waals surface area contributed by atoms with Crippen LogP contribution in [0.5, 0.6) is 0 Å². The van der Waals surface area contributed by atoms with Gasteiger partial charge in [0.1, 0.15) is 0 Å². The van der Waals surface area contributed by atoms with E-state index < -0.39 is 15.7 Å². The van der Waals surface area contributed by atoms with Gasteiger partial charge in [-0.15, -0.1) is 0 Å². The number of nitrogens with two attached hydrogens (primary N) is 1. The van der Waals surface area contributed by atoms with Gasteiger partial charge in [-0.05, 0) is 18.8 Å². The van der Waals surface area contributed by atoms with E-state index in [0.29, 0.717) is 19.4 Å². The average Bonchev–Trinajstić information content (AvgIpc) is 2.53. The molecule has 0 saturated heterocycles. The SMILES string of the molecule is CC(C)CNS(=O)(=O)NC1(C(N)=S)CCCCCC1. The van der Waals surface area contributed by atoms with E-state index in [1.54, 1.807) is 0 Å². The highest BCUT2D eigenvalue weighted by atomic mass is 32.2. The van der Waals surface area contributed by atoms with Crippen LogP contribution in [-0.4, -0.2) is 25.5 Å². The van der Waals surface area contributed by atoms with Gasteiger partial charge in [-0.25, -0.2) is 4.72 Å². The second-order valence-corrected chi connectivity index (χ2v) is 7.65. The standard InChI is InChI=1S/C12H25N3O2S2/c1-10(2)9-14-19(16,17)15-12(11(13)18)7-5-3-4-6-8-12/h10,14-15H,3-9H2,1-2H3,(H2,13,18). The predicted molar refractivity (Wildman–Crippen MR) is 82.1 cm³/mol. The molecule has 0 radical (unpaired) electrons. The summed E-state index contributed by atoms with van der Waals surface area (Å²) < 4.78 is 29.4. The first-order valence-corrected chi connectivity index (χ1v) is 8.75. The van der Waals surface area contributed by atoms with E-state index in [1.165, 1.54) is 0 Å². The van der Waals surface area contributed by atoms with Gasteiger partial charge in [0.15, 0.2) is 0 Å². The van der Waals surface area contributed by atoms with Crippen LogP contribution in [0, 0.1) is 5.92 Å². The maximum Gasteiger partial charge on any atom is 0.277 e. The molecule has 0 bridgehead atoms. The van der Waals surface area contributed by atoms with Gasteiger partial charge in [-0.3, -0.25) is 0 Å². The summed E-state index contributed by atoms with van der Waals surface area (Å²) in [6.45, 7) is 4.32. The zero-order valence-electron chi connectivity index (χ0n) is 11.7. The van der Waals surface area contributed by atoms with Crippen LogP contribution in [0.1, 0.15) is 52.4 Å². The minimum absolute atomic E-state index is 0.254. The second-order valence-electron chi connectivity index (χ2n) is 5.71. The zero-order chi connectivity index (χ0) is 14.5.